The molecular weight excluding hydrogens is 272 g/mol. The van der Waals surface area contributed by atoms with Crippen LogP contribution >= 0.6 is 0 Å². The van der Waals surface area contributed by atoms with Crippen molar-refractivity contribution < 1.29 is 4.43 Å². The topological polar surface area (TPSA) is 9.23 Å². The molecule has 0 heterocycles. The van der Waals surface area contributed by atoms with Crippen molar-refractivity contribution in [1.82, 2.24) is 0 Å². The first-order valence-electron chi connectivity index (χ1n) is 9.48. The highest BCUT2D eigenvalue weighted by molar-refractivity contribution is 6.74. The van der Waals surface area contributed by atoms with E-state index >= 15 is 0 Å². The molecule has 3 atom stereocenters. The van der Waals surface area contributed by atoms with Crippen LogP contribution < -0.4 is 0 Å². The molecule has 0 aliphatic heterocycles. The molecule has 128 valence electrons. The van der Waals surface area contributed by atoms with Gasteiger partial charge in [-0.25, -0.2) is 0 Å². The van der Waals surface area contributed by atoms with Crippen LogP contribution in [0, 0.1) is 17.8 Å². The second-order valence-electron chi connectivity index (χ2n) is 7.68. The van der Waals surface area contributed by atoms with Crippen molar-refractivity contribution in [2.75, 3.05) is 7.11 Å². The van der Waals surface area contributed by atoms with E-state index < -0.39 is 8.32 Å². The molecule has 0 aromatic heterocycles. The van der Waals surface area contributed by atoms with Crippen LogP contribution in [0.1, 0.15) is 80.1 Å². The zero-order valence-electron chi connectivity index (χ0n) is 16.0. The van der Waals surface area contributed by atoms with Gasteiger partial charge in [0.1, 0.15) is 0 Å². The minimum absolute atomic E-state index is 0.837. The van der Waals surface area contributed by atoms with Gasteiger partial charge in [-0.2, -0.15) is 0 Å². The largest absolute Gasteiger partial charge is 0.420 e. The number of hydrogen-bond donors (Lipinski definition) is 0. The van der Waals surface area contributed by atoms with Crippen molar-refractivity contribution in [1.29, 1.82) is 0 Å². The molecule has 0 bridgehead atoms. The lowest BCUT2D eigenvalue weighted by molar-refractivity contribution is 0.351. The van der Waals surface area contributed by atoms with Crippen molar-refractivity contribution >= 4 is 8.32 Å². The van der Waals surface area contributed by atoms with Crippen LogP contribution in [0.3, 0.4) is 0 Å². The first kappa shape index (κ1) is 21.2. The molecule has 0 aliphatic carbocycles. The predicted octanol–water partition coefficient (Wildman–Crippen LogP) is 6.89. The van der Waals surface area contributed by atoms with Gasteiger partial charge >= 0.3 is 0 Å². The zero-order chi connectivity index (χ0) is 16.3. The normalized spacial score (nSPS) is 19.0. The Morgan fingerprint density at radius 1 is 0.667 bits per heavy atom. The molecule has 1 nitrogen and oxygen atoms in total. The van der Waals surface area contributed by atoms with Crippen LogP contribution in [0.25, 0.3) is 0 Å². The summed E-state index contributed by atoms with van der Waals surface area (Å²) in [6, 6.07) is 4.12. The van der Waals surface area contributed by atoms with Crippen molar-refractivity contribution in [3.63, 3.8) is 0 Å². The second kappa shape index (κ2) is 11.7. The minimum Gasteiger partial charge on any atom is -0.420 e. The summed E-state index contributed by atoms with van der Waals surface area (Å²) in [6.07, 6.45) is 8.02. The summed E-state index contributed by atoms with van der Waals surface area (Å²) in [4.78, 5) is 0. The van der Waals surface area contributed by atoms with Crippen LogP contribution in [0.5, 0.6) is 0 Å². The Morgan fingerprint density at radius 3 is 1.14 bits per heavy atom. The maximum absolute atomic E-state index is 6.33. The van der Waals surface area contributed by atoms with Crippen molar-refractivity contribution in [2.24, 2.45) is 17.8 Å². The predicted molar refractivity (Wildman–Crippen MR) is 99.4 cm³/mol. The van der Waals surface area contributed by atoms with Gasteiger partial charge in [0.2, 0.25) is 0 Å². The molecule has 0 rings (SSSR count). The molecule has 0 fully saturated rings. The molecule has 21 heavy (non-hydrogen) atoms. The molecule has 0 aliphatic rings. The summed E-state index contributed by atoms with van der Waals surface area (Å²) in [6.45, 7) is 14.3. The van der Waals surface area contributed by atoms with Crippen LogP contribution in [0.15, 0.2) is 0 Å². The SMILES string of the molecule is CCCC(C)C[Si](CC(C)CCC)(CC(C)CCC)OC. The Labute approximate surface area is 136 Å². The van der Waals surface area contributed by atoms with E-state index in [-0.39, 0.29) is 0 Å². The lowest BCUT2D eigenvalue weighted by Crippen LogP contribution is -2.42. The summed E-state index contributed by atoms with van der Waals surface area (Å²) in [7, 11) is 0.446. The highest BCUT2D eigenvalue weighted by atomic mass is 28.4. The van der Waals surface area contributed by atoms with E-state index in [1.165, 1.54) is 56.7 Å². The molecule has 3 unspecified atom stereocenters. The highest BCUT2D eigenvalue weighted by Gasteiger charge is 2.37. The molecule has 0 saturated carbocycles. The molecule has 0 spiro atoms. The highest BCUT2D eigenvalue weighted by Crippen LogP contribution is 2.36. The van der Waals surface area contributed by atoms with E-state index in [4.69, 9.17) is 4.43 Å². The average molecular weight is 315 g/mol. The third-order valence-electron chi connectivity index (χ3n) is 4.94. The van der Waals surface area contributed by atoms with Gasteiger partial charge in [-0.3, -0.25) is 0 Å². The van der Waals surface area contributed by atoms with Gasteiger partial charge in [0.25, 0.3) is 0 Å². The molecule has 0 aromatic carbocycles. The van der Waals surface area contributed by atoms with Gasteiger partial charge in [-0.1, -0.05) is 80.1 Å². The standard InChI is InChI=1S/C19H42OSi/c1-8-11-17(4)14-21(20-7,15-18(5)12-9-2)16-19(6)13-10-3/h17-19H,8-16H2,1-7H3. The zero-order valence-corrected chi connectivity index (χ0v) is 17.0. The third kappa shape index (κ3) is 9.03. The van der Waals surface area contributed by atoms with E-state index in [0.717, 1.165) is 17.8 Å². The van der Waals surface area contributed by atoms with E-state index in [9.17, 15) is 0 Å². The fraction of sp³-hybridized carbons (Fsp3) is 1.00. The molecule has 0 N–H and O–H groups in total. The first-order valence-corrected chi connectivity index (χ1v) is 12.0. The molecular formula is C19H42OSi. The molecule has 0 saturated heterocycles. The van der Waals surface area contributed by atoms with Gasteiger partial charge in [0, 0.05) is 7.11 Å². The van der Waals surface area contributed by atoms with Crippen LogP contribution in [-0.2, 0) is 4.43 Å². The number of rotatable bonds is 13. The van der Waals surface area contributed by atoms with Gasteiger partial charge in [0.05, 0.1) is 0 Å². The number of hydrogen-bond acceptors (Lipinski definition) is 1. The Morgan fingerprint density at radius 2 is 0.952 bits per heavy atom. The summed E-state index contributed by atoms with van der Waals surface area (Å²) < 4.78 is 6.33. The molecule has 0 amide bonds. The maximum Gasteiger partial charge on any atom is 0.193 e. The quantitative estimate of drug-likeness (QED) is 0.336. The van der Waals surface area contributed by atoms with E-state index in [1.807, 2.05) is 7.11 Å². The van der Waals surface area contributed by atoms with Gasteiger partial charge in [0.15, 0.2) is 8.32 Å². The van der Waals surface area contributed by atoms with Crippen LogP contribution in [0.2, 0.25) is 18.1 Å². The first-order chi connectivity index (χ1) is 9.92. The third-order valence-corrected chi connectivity index (χ3v) is 10.1. The van der Waals surface area contributed by atoms with Crippen molar-refractivity contribution in [2.45, 2.75) is 98.2 Å². The molecule has 2 heteroatoms. The minimum atomic E-state index is -1.57. The van der Waals surface area contributed by atoms with E-state index in [2.05, 4.69) is 41.5 Å². The summed E-state index contributed by atoms with van der Waals surface area (Å²) in [5, 5.41) is 0. The van der Waals surface area contributed by atoms with E-state index in [0.29, 0.717) is 0 Å². The van der Waals surface area contributed by atoms with Gasteiger partial charge < -0.3 is 4.43 Å². The second-order valence-corrected chi connectivity index (χ2v) is 11.7. The van der Waals surface area contributed by atoms with E-state index in [1.54, 1.807) is 0 Å². The molecule has 0 aromatic rings. The Kier molecular flexibility index (Phi) is 11.8. The average Bonchev–Trinajstić information content (AvgIpc) is 2.39. The van der Waals surface area contributed by atoms with Gasteiger partial charge in [-0.05, 0) is 35.9 Å². The summed E-state index contributed by atoms with van der Waals surface area (Å²) >= 11 is 0. The Balaban J connectivity index is 4.89. The van der Waals surface area contributed by atoms with Crippen LogP contribution in [-0.4, -0.2) is 15.4 Å². The summed E-state index contributed by atoms with van der Waals surface area (Å²) in [5.41, 5.74) is 0. The van der Waals surface area contributed by atoms with Crippen molar-refractivity contribution in [3.8, 4) is 0 Å². The monoisotopic (exact) mass is 314 g/mol. The van der Waals surface area contributed by atoms with Crippen LogP contribution in [0.4, 0.5) is 0 Å². The smallest absolute Gasteiger partial charge is 0.193 e. The fourth-order valence-corrected chi connectivity index (χ4v) is 9.61. The Hall–Kier alpha value is 0.177. The molecule has 0 radical (unpaired) electrons. The summed E-state index contributed by atoms with van der Waals surface area (Å²) in [5.74, 6) is 2.51. The lowest BCUT2D eigenvalue weighted by atomic mass is 10.1. The van der Waals surface area contributed by atoms with Gasteiger partial charge in [-0.15, -0.1) is 0 Å². The lowest BCUT2D eigenvalue weighted by Gasteiger charge is -2.36. The Bertz CT molecular complexity index is 206. The van der Waals surface area contributed by atoms with Crippen molar-refractivity contribution in [3.05, 3.63) is 0 Å². The fourth-order valence-electron chi connectivity index (χ4n) is 4.19. The maximum atomic E-state index is 6.33.